The van der Waals surface area contributed by atoms with E-state index in [1.165, 1.54) is 6.20 Å². The molecule has 0 bridgehead atoms. The Balaban J connectivity index is 3.00. The minimum absolute atomic E-state index is 0.187. The number of aromatic nitrogens is 2. The zero-order valence-electron chi connectivity index (χ0n) is 8.91. The van der Waals surface area contributed by atoms with Crippen molar-refractivity contribution in [2.75, 3.05) is 10.7 Å². The van der Waals surface area contributed by atoms with Crippen LogP contribution >= 0.6 is 11.6 Å². The molecule has 88 valence electrons. The van der Waals surface area contributed by atoms with Crippen LogP contribution in [0.25, 0.3) is 0 Å². The molecule has 0 aliphatic carbocycles. The van der Waals surface area contributed by atoms with E-state index in [4.69, 9.17) is 23.2 Å². The Hall–Kier alpha value is -1.60. The minimum atomic E-state index is -0.968. The van der Waals surface area contributed by atoms with Gasteiger partial charge in [0.15, 0.2) is 5.82 Å². The molecule has 0 radical (unpaired) electrons. The molecule has 0 fully saturated rings. The van der Waals surface area contributed by atoms with Crippen molar-refractivity contribution in [2.45, 2.75) is 19.4 Å². The molecule has 0 aliphatic heterocycles. The van der Waals surface area contributed by atoms with E-state index in [0.717, 1.165) is 0 Å². The van der Waals surface area contributed by atoms with Gasteiger partial charge in [0.05, 0.1) is 6.20 Å². The number of hydrogen-bond acceptors (Lipinski definition) is 6. The van der Waals surface area contributed by atoms with Crippen LogP contribution in [0.1, 0.15) is 13.8 Å². The number of nitrogens with zero attached hydrogens (tertiary/aromatic N) is 2. The highest BCUT2D eigenvalue weighted by Crippen LogP contribution is 2.22. The molecule has 0 aliphatic rings. The highest BCUT2D eigenvalue weighted by Gasteiger charge is 2.26. The first kappa shape index (κ1) is 12.5. The summed E-state index contributed by atoms with van der Waals surface area (Å²) in [6.07, 6.45) is 1.36. The second kappa shape index (κ2) is 4.50. The molecule has 0 aromatic carbocycles. The molecule has 0 saturated carbocycles. The Labute approximate surface area is 97.5 Å². The van der Waals surface area contributed by atoms with Gasteiger partial charge >= 0.3 is 0 Å². The molecule has 7 nitrogen and oxygen atoms in total. The van der Waals surface area contributed by atoms with Gasteiger partial charge in [-0.05, 0) is 13.8 Å². The molecule has 1 amide bonds. The lowest BCUT2D eigenvalue weighted by molar-refractivity contribution is -0.121. The van der Waals surface area contributed by atoms with Crippen LogP contribution in [0, 0.1) is 0 Å². The number of rotatable bonds is 4. The molecule has 0 saturated heterocycles. The minimum Gasteiger partial charge on any atom is -0.368 e. The van der Waals surface area contributed by atoms with Crippen molar-refractivity contribution in [2.24, 2.45) is 11.6 Å². The van der Waals surface area contributed by atoms with Gasteiger partial charge < -0.3 is 11.1 Å². The van der Waals surface area contributed by atoms with Gasteiger partial charge in [0.1, 0.15) is 10.6 Å². The maximum absolute atomic E-state index is 11.1. The molecule has 8 heteroatoms. The zero-order valence-corrected chi connectivity index (χ0v) is 9.67. The quantitative estimate of drug-likeness (QED) is 0.440. The summed E-state index contributed by atoms with van der Waals surface area (Å²) in [6, 6.07) is 0. The summed E-state index contributed by atoms with van der Waals surface area (Å²) < 4.78 is 0. The molecule has 1 aromatic heterocycles. The van der Waals surface area contributed by atoms with Gasteiger partial charge in [-0.3, -0.25) is 10.2 Å². The number of primary amides is 1. The molecule has 16 heavy (non-hydrogen) atoms. The SMILES string of the molecule is CC(C)(Nc1nc(NN)ncc1Cl)C(N)=O. The third-order valence-corrected chi connectivity index (χ3v) is 2.20. The van der Waals surface area contributed by atoms with E-state index >= 15 is 0 Å². The number of hydrazine groups is 1. The summed E-state index contributed by atoms with van der Waals surface area (Å²) >= 11 is 5.86. The monoisotopic (exact) mass is 244 g/mol. The Bertz CT molecular complexity index is 408. The maximum atomic E-state index is 11.1. The molecule has 6 N–H and O–H groups in total. The van der Waals surface area contributed by atoms with Crippen LogP contribution in [-0.2, 0) is 4.79 Å². The average Bonchev–Trinajstić information content (AvgIpc) is 2.21. The van der Waals surface area contributed by atoms with Gasteiger partial charge in [0.2, 0.25) is 11.9 Å². The number of nitrogens with two attached hydrogens (primary N) is 2. The zero-order chi connectivity index (χ0) is 12.3. The summed E-state index contributed by atoms with van der Waals surface area (Å²) in [7, 11) is 0. The number of nitrogens with one attached hydrogen (secondary N) is 2. The lowest BCUT2D eigenvalue weighted by Gasteiger charge is -2.23. The van der Waals surface area contributed by atoms with Crippen molar-refractivity contribution in [3.05, 3.63) is 11.2 Å². The molecule has 1 rings (SSSR count). The smallest absolute Gasteiger partial charge is 0.242 e. The van der Waals surface area contributed by atoms with Gasteiger partial charge in [-0.1, -0.05) is 11.6 Å². The lowest BCUT2D eigenvalue weighted by Crippen LogP contribution is -2.45. The summed E-state index contributed by atoms with van der Waals surface area (Å²) in [4.78, 5) is 18.9. The van der Waals surface area contributed by atoms with E-state index < -0.39 is 11.4 Å². The normalized spacial score (nSPS) is 11.0. The summed E-state index contributed by atoms with van der Waals surface area (Å²) in [6.45, 7) is 3.23. The van der Waals surface area contributed by atoms with Crippen molar-refractivity contribution in [1.82, 2.24) is 9.97 Å². The number of anilines is 2. The molecule has 0 atom stereocenters. The standard InChI is InChI=1S/C8H13ClN6O/c1-8(2,6(10)16)14-5-4(9)3-12-7(13-5)15-11/h3H,11H2,1-2H3,(H2,10,16)(H2,12,13,14,15). The third-order valence-electron chi connectivity index (χ3n) is 1.92. The topological polar surface area (TPSA) is 119 Å². The number of nitrogen functional groups attached to an aromatic ring is 1. The summed E-state index contributed by atoms with van der Waals surface area (Å²) in [5.41, 5.74) is 6.51. The van der Waals surface area contributed by atoms with Crippen LogP contribution in [0.4, 0.5) is 11.8 Å². The van der Waals surface area contributed by atoms with Crippen LogP contribution in [0.5, 0.6) is 0 Å². The molecule has 0 spiro atoms. The van der Waals surface area contributed by atoms with E-state index in [9.17, 15) is 4.79 Å². The van der Waals surface area contributed by atoms with Crippen molar-refractivity contribution in [3.8, 4) is 0 Å². The Morgan fingerprint density at radius 1 is 1.56 bits per heavy atom. The molecule has 1 heterocycles. The Morgan fingerprint density at radius 3 is 2.69 bits per heavy atom. The molecule has 0 unspecified atom stereocenters. The van der Waals surface area contributed by atoms with Gasteiger partial charge in [0, 0.05) is 0 Å². The number of hydrogen-bond donors (Lipinski definition) is 4. The fraction of sp³-hybridized carbons (Fsp3) is 0.375. The first-order chi connectivity index (χ1) is 7.36. The van der Waals surface area contributed by atoms with E-state index in [0.29, 0.717) is 0 Å². The van der Waals surface area contributed by atoms with Crippen LogP contribution in [0.15, 0.2) is 6.20 Å². The van der Waals surface area contributed by atoms with E-state index in [1.807, 2.05) is 0 Å². The van der Waals surface area contributed by atoms with Crippen molar-refractivity contribution in [1.29, 1.82) is 0 Å². The first-order valence-corrected chi connectivity index (χ1v) is 4.82. The maximum Gasteiger partial charge on any atom is 0.242 e. The van der Waals surface area contributed by atoms with Gasteiger partial charge in [-0.25, -0.2) is 10.8 Å². The van der Waals surface area contributed by atoms with Crippen LogP contribution in [0.3, 0.4) is 0 Å². The second-order valence-corrected chi connectivity index (χ2v) is 4.06. The van der Waals surface area contributed by atoms with Gasteiger partial charge in [0.25, 0.3) is 0 Å². The van der Waals surface area contributed by atoms with Crippen LogP contribution in [0.2, 0.25) is 5.02 Å². The lowest BCUT2D eigenvalue weighted by atomic mass is 10.1. The summed E-state index contributed by atoms with van der Waals surface area (Å²) in [5, 5.41) is 3.08. The van der Waals surface area contributed by atoms with Gasteiger partial charge in [-0.15, -0.1) is 0 Å². The largest absolute Gasteiger partial charge is 0.368 e. The number of amides is 1. The van der Waals surface area contributed by atoms with Crippen molar-refractivity contribution < 1.29 is 4.79 Å². The predicted molar refractivity (Wildman–Crippen MR) is 61.7 cm³/mol. The highest BCUT2D eigenvalue weighted by molar-refractivity contribution is 6.32. The summed E-state index contributed by atoms with van der Waals surface area (Å²) in [5.74, 6) is 5.10. The number of carbonyl (C=O) groups excluding carboxylic acids is 1. The van der Waals surface area contributed by atoms with E-state index in [-0.39, 0.29) is 16.8 Å². The van der Waals surface area contributed by atoms with Crippen molar-refractivity contribution >= 4 is 29.3 Å². The second-order valence-electron chi connectivity index (χ2n) is 3.65. The predicted octanol–water partition coefficient (Wildman–Crippen LogP) is 0.0914. The number of halogens is 1. The number of carbonyl (C=O) groups is 1. The Kier molecular flexibility index (Phi) is 3.51. The Morgan fingerprint density at radius 2 is 2.19 bits per heavy atom. The molecule has 1 aromatic rings. The average molecular weight is 245 g/mol. The fourth-order valence-electron chi connectivity index (χ4n) is 0.882. The molecular weight excluding hydrogens is 232 g/mol. The molecular formula is C8H13ClN6O. The van der Waals surface area contributed by atoms with E-state index in [1.54, 1.807) is 13.8 Å². The highest BCUT2D eigenvalue weighted by atomic mass is 35.5. The fourth-order valence-corrected chi connectivity index (χ4v) is 1.02. The van der Waals surface area contributed by atoms with Crippen molar-refractivity contribution in [3.63, 3.8) is 0 Å². The first-order valence-electron chi connectivity index (χ1n) is 4.44. The van der Waals surface area contributed by atoms with Crippen LogP contribution < -0.4 is 22.3 Å². The third kappa shape index (κ3) is 2.71. The van der Waals surface area contributed by atoms with Crippen LogP contribution in [-0.4, -0.2) is 21.4 Å². The van der Waals surface area contributed by atoms with E-state index in [2.05, 4.69) is 20.7 Å². The van der Waals surface area contributed by atoms with Gasteiger partial charge in [-0.2, -0.15) is 4.98 Å².